The first kappa shape index (κ1) is 18.8. The second kappa shape index (κ2) is 8.60. The molecule has 0 saturated carbocycles. The number of nitrogens with one attached hydrogen (secondary N) is 1. The lowest BCUT2D eigenvalue weighted by atomic mass is 10.0. The van der Waals surface area contributed by atoms with Gasteiger partial charge in [-0.3, -0.25) is 4.79 Å². The largest absolute Gasteiger partial charge is 0.352 e. The fourth-order valence-electron chi connectivity index (χ4n) is 2.71. The molecule has 0 aliphatic rings. The van der Waals surface area contributed by atoms with Crippen LogP contribution in [0.2, 0.25) is 0 Å². The van der Waals surface area contributed by atoms with Crippen LogP contribution in [0.5, 0.6) is 0 Å². The second-order valence-electron chi connectivity index (χ2n) is 6.69. The minimum absolute atomic E-state index is 0.129. The third-order valence-electron chi connectivity index (χ3n) is 4.25. The van der Waals surface area contributed by atoms with E-state index in [1.54, 1.807) is 6.07 Å². The molecular formula is C21H24N4O2. The summed E-state index contributed by atoms with van der Waals surface area (Å²) < 4.78 is 5.19. The average Bonchev–Trinajstić information content (AvgIpc) is 3.17. The molecule has 0 radical (unpaired) electrons. The van der Waals surface area contributed by atoms with Gasteiger partial charge < -0.3 is 15.6 Å². The van der Waals surface area contributed by atoms with Crippen molar-refractivity contribution >= 4 is 5.91 Å². The molecule has 0 unspecified atom stereocenters. The second-order valence-corrected chi connectivity index (χ2v) is 6.69. The molecule has 140 valence electrons. The highest BCUT2D eigenvalue weighted by Gasteiger charge is 2.11. The van der Waals surface area contributed by atoms with Gasteiger partial charge in [-0.25, -0.2) is 0 Å². The molecule has 1 amide bonds. The zero-order valence-electron chi connectivity index (χ0n) is 15.6. The van der Waals surface area contributed by atoms with Gasteiger partial charge >= 0.3 is 0 Å². The van der Waals surface area contributed by atoms with Crippen LogP contribution in [0.25, 0.3) is 11.1 Å². The van der Waals surface area contributed by atoms with Crippen LogP contribution in [0, 0.1) is 0 Å². The predicted octanol–water partition coefficient (Wildman–Crippen LogP) is 3.29. The molecule has 2 aromatic carbocycles. The highest BCUT2D eigenvalue weighted by atomic mass is 16.5. The van der Waals surface area contributed by atoms with Crippen molar-refractivity contribution in [2.45, 2.75) is 32.7 Å². The van der Waals surface area contributed by atoms with Crippen LogP contribution in [0.1, 0.15) is 47.4 Å². The van der Waals surface area contributed by atoms with E-state index in [2.05, 4.69) is 15.5 Å². The summed E-state index contributed by atoms with van der Waals surface area (Å²) in [6.07, 6.45) is 0.504. The fourth-order valence-corrected chi connectivity index (χ4v) is 2.71. The summed E-state index contributed by atoms with van der Waals surface area (Å²) in [4.78, 5) is 16.8. The van der Waals surface area contributed by atoms with Gasteiger partial charge in [-0.05, 0) is 34.9 Å². The van der Waals surface area contributed by atoms with E-state index in [0.29, 0.717) is 36.8 Å². The molecule has 3 aromatic rings. The fraction of sp³-hybridized carbons (Fsp3) is 0.286. The highest BCUT2D eigenvalue weighted by Crippen LogP contribution is 2.21. The molecule has 0 bridgehead atoms. The van der Waals surface area contributed by atoms with Crippen molar-refractivity contribution in [2.75, 3.05) is 6.54 Å². The Hall–Kier alpha value is -2.99. The average molecular weight is 364 g/mol. The van der Waals surface area contributed by atoms with Crippen LogP contribution in [0.3, 0.4) is 0 Å². The number of benzene rings is 2. The molecule has 0 aliphatic carbocycles. The molecule has 3 N–H and O–H groups in total. The topological polar surface area (TPSA) is 94.0 Å². The van der Waals surface area contributed by atoms with Crippen LogP contribution in [-0.2, 0) is 13.0 Å². The van der Waals surface area contributed by atoms with Gasteiger partial charge in [-0.2, -0.15) is 4.98 Å². The monoisotopic (exact) mass is 364 g/mol. The molecule has 6 heteroatoms. The Kier molecular flexibility index (Phi) is 5.98. The molecule has 1 heterocycles. The zero-order valence-corrected chi connectivity index (χ0v) is 15.6. The molecule has 6 nitrogen and oxygen atoms in total. The Labute approximate surface area is 158 Å². The molecule has 27 heavy (non-hydrogen) atoms. The Balaban J connectivity index is 1.62. The van der Waals surface area contributed by atoms with Crippen LogP contribution < -0.4 is 11.1 Å². The number of hydrogen-bond donors (Lipinski definition) is 2. The third-order valence-corrected chi connectivity index (χ3v) is 4.25. The zero-order chi connectivity index (χ0) is 19.2. The van der Waals surface area contributed by atoms with Gasteiger partial charge in [-0.1, -0.05) is 49.3 Å². The number of hydrogen-bond acceptors (Lipinski definition) is 5. The maximum Gasteiger partial charge on any atom is 0.251 e. The quantitative estimate of drug-likeness (QED) is 0.671. The van der Waals surface area contributed by atoms with Gasteiger partial charge in [0.2, 0.25) is 5.89 Å². The number of amides is 1. The van der Waals surface area contributed by atoms with Gasteiger partial charge in [0, 0.05) is 31.0 Å². The Morgan fingerprint density at radius 2 is 1.89 bits per heavy atom. The molecule has 0 fully saturated rings. The van der Waals surface area contributed by atoms with Gasteiger partial charge in [-0.15, -0.1) is 0 Å². The van der Waals surface area contributed by atoms with E-state index in [0.717, 1.165) is 16.7 Å². The van der Waals surface area contributed by atoms with Crippen LogP contribution >= 0.6 is 0 Å². The van der Waals surface area contributed by atoms with E-state index < -0.39 is 0 Å². The molecule has 1 aromatic heterocycles. The van der Waals surface area contributed by atoms with E-state index >= 15 is 0 Å². The third kappa shape index (κ3) is 4.80. The van der Waals surface area contributed by atoms with E-state index in [1.165, 1.54) is 0 Å². The molecule has 0 atom stereocenters. The summed E-state index contributed by atoms with van der Waals surface area (Å²) >= 11 is 0. The number of nitrogens with two attached hydrogens (primary N) is 1. The Morgan fingerprint density at radius 3 is 2.59 bits per heavy atom. The summed E-state index contributed by atoms with van der Waals surface area (Å²) in [5, 5.41) is 6.82. The molecule has 0 saturated heterocycles. The predicted molar refractivity (Wildman–Crippen MR) is 104 cm³/mol. The van der Waals surface area contributed by atoms with E-state index in [4.69, 9.17) is 10.3 Å². The normalized spacial score (nSPS) is 11.0. The molecular weight excluding hydrogens is 340 g/mol. The molecule has 0 spiro atoms. The Morgan fingerprint density at radius 1 is 1.15 bits per heavy atom. The number of carbonyl (C=O) groups is 1. The summed E-state index contributed by atoms with van der Waals surface area (Å²) in [5.74, 6) is 1.31. The molecule has 0 aliphatic heterocycles. The summed E-state index contributed by atoms with van der Waals surface area (Å²) in [5.41, 5.74) is 9.41. The maximum atomic E-state index is 12.5. The smallest absolute Gasteiger partial charge is 0.251 e. The lowest BCUT2D eigenvalue weighted by Gasteiger charge is -2.08. The van der Waals surface area contributed by atoms with Crippen LogP contribution in [0.15, 0.2) is 53.1 Å². The van der Waals surface area contributed by atoms with Crippen molar-refractivity contribution in [1.82, 2.24) is 15.5 Å². The standard InChI is InChI=1S/C21H24N4O2/c1-14(2)20-24-19(27-25-20)9-10-23-21(26)18-8-4-7-17(12-18)16-6-3-5-15(11-16)13-22/h3-8,11-12,14H,9-10,13,22H2,1-2H3,(H,23,26). The Bertz CT molecular complexity index is 918. The lowest BCUT2D eigenvalue weighted by molar-refractivity contribution is 0.0953. The highest BCUT2D eigenvalue weighted by molar-refractivity contribution is 5.95. The summed E-state index contributed by atoms with van der Waals surface area (Å²) in [7, 11) is 0. The number of aromatic nitrogens is 2. The van der Waals surface area contributed by atoms with Crippen molar-refractivity contribution in [3.8, 4) is 11.1 Å². The van der Waals surface area contributed by atoms with Crippen LogP contribution in [0.4, 0.5) is 0 Å². The first-order chi connectivity index (χ1) is 13.1. The first-order valence-electron chi connectivity index (χ1n) is 9.07. The van der Waals surface area contributed by atoms with Crippen molar-refractivity contribution < 1.29 is 9.32 Å². The SMILES string of the molecule is CC(C)c1noc(CCNC(=O)c2cccc(-c3cccc(CN)c3)c2)n1. The van der Waals surface area contributed by atoms with E-state index in [9.17, 15) is 4.79 Å². The minimum Gasteiger partial charge on any atom is -0.352 e. The van der Waals surface area contributed by atoms with Crippen LogP contribution in [-0.4, -0.2) is 22.6 Å². The van der Waals surface area contributed by atoms with Crippen molar-refractivity contribution in [3.05, 3.63) is 71.4 Å². The number of carbonyl (C=O) groups excluding carboxylic acids is 1. The van der Waals surface area contributed by atoms with Crippen molar-refractivity contribution in [1.29, 1.82) is 0 Å². The van der Waals surface area contributed by atoms with Gasteiger partial charge in [0.05, 0.1) is 0 Å². The summed E-state index contributed by atoms with van der Waals surface area (Å²) in [6, 6.07) is 15.6. The number of nitrogens with zero attached hydrogens (tertiary/aromatic N) is 2. The minimum atomic E-state index is -0.129. The summed E-state index contributed by atoms with van der Waals surface area (Å²) in [6.45, 7) is 4.94. The van der Waals surface area contributed by atoms with Gasteiger partial charge in [0.15, 0.2) is 5.82 Å². The van der Waals surface area contributed by atoms with Crippen molar-refractivity contribution in [2.24, 2.45) is 5.73 Å². The van der Waals surface area contributed by atoms with Gasteiger partial charge in [0.1, 0.15) is 0 Å². The maximum absolute atomic E-state index is 12.5. The number of rotatable bonds is 7. The van der Waals surface area contributed by atoms with E-state index in [1.807, 2.05) is 56.3 Å². The molecule has 3 rings (SSSR count). The lowest BCUT2D eigenvalue weighted by Crippen LogP contribution is -2.25. The van der Waals surface area contributed by atoms with Crippen molar-refractivity contribution in [3.63, 3.8) is 0 Å². The first-order valence-corrected chi connectivity index (χ1v) is 9.07. The van der Waals surface area contributed by atoms with Gasteiger partial charge in [0.25, 0.3) is 5.91 Å². The van der Waals surface area contributed by atoms with E-state index in [-0.39, 0.29) is 11.8 Å².